The number of aryl methyl sites for hydroxylation is 1. The highest BCUT2D eigenvalue weighted by atomic mass is 14.9. The smallest absolute Gasteiger partial charge is 0.0558 e. The third-order valence-corrected chi connectivity index (χ3v) is 4.26. The molecule has 0 aromatic carbocycles. The number of nitrogens with one attached hydrogen (secondary N) is 1. The number of pyridine rings is 1. The van der Waals surface area contributed by atoms with Crippen LogP contribution < -0.4 is 5.32 Å². The van der Waals surface area contributed by atoms with Crippen LogP contribution in [0.1, 0.15) is 52.0 Å². The van der Waals surface area contributed by atoms with Gasteiger partial charge in [0.1, 0.15) is 0 Å². The van der Waals surface area contributed by atoms with Gasteiger partial charge in [-0.25, -0.2) is 0 Å². The Morgan fingerprint density at radius 2 is 1.94 bits per heavy atom. The van der Waals surface area contributed by atoms with Crippen LogP contribution in [0.4, 0.5) is 5.69 Å². The molecule has 18 heavy (non-hydrogen) atoms. The topological polar surface area (TPSA) is 24.9 Å². The van der Waals surface area contributed by atoms with Gasteiger partial charge in [-0.3, -0.25) is 4.98 Å². The lowest BCUT2D eigenvalue weighted by molar-refractivity contribution is 0.163. The Bertz CT molecular complexity index is 392. The molecule has 1 aromatic heterocycles. The molecule has 1 N–H and O–H groups in total. The molecule has 1 aromatic rings. The second-order valence-corrected chi connectivity index (χ2v) is 6.70. The highest BCUT2D eigenvalue weighted by molar-refractivity contribution is 5.49. The van der Waals surface area contributed by atoms with Crippen molar-refractivity contribution in [1.29, 1.82) is 0 Å². The first-order valence-electron chi connectivity index (χ1n) is 7.15. The summed E-state index contributed by atoms with van der Waals surface area (Å²) in [4.78, 5) is 4.24. The Hall–Kier alpha value is -1.05. The number of rotatable bonds is 2. The lowest BCUT2D eigenvalue weighted by Crippen LogP contribution is -2.39. The summed E-state index contributed by atoms with van der Waals surface area (Å²) < 4.78 is 0. The predicted molar refractivity (Wildman–Crippen MR) is 77.8 cm³/mol. The van der Waals surface area contributed by atoms with E-state index in [1.165, 1.54) is 36.9 Å². The van der Waals surface area contributed by atoms with E-state index in [9.17, 15) is 0 Å². The van der Waals surface area contributed by atoms with Crippen molar-refractivity contribution in [2.45, 2.75) is 59.4 Å². The maximum absolute atomic E-state index is 4.24. The Morgan fingerprint density at radius 3 is 2.61 bits per heavy atom. The number of anilines is 1. The minimum absolute atomic E-state index is 0.383. The standard InChI is InChI=1S/C16H26N2/c1-12-9-10-17-11-15(12)18-14-8-6-5-7-13(14)16(2,3)4/h9-11,13-14,18H,5-8H2,1-4H3. The first kappa shape index (κ1) is 13.4. The maximum atomic E-state index is 4.24. The average molecular weight is 246 g/mol. The molecule has 1 heterocycles. The molecule has 1 aliphatic carbocycles. The van der Waals surface area contributed by atoms with E-state index in [1.54, 1.807) is 0 Å². The zero-order chi connectivity index (χ0) is 13.2. The summed E-state index contributed by atoms with van der Waals surface area (Å²) in [7, 11) is 0. The third kappa shape index (κ3) is 3.04. The van der Waals surface area contributed by atoms with Gasteiger partial charge in [0.25, 0.3) is 0 Å². The summed E-state index contributed by atoms with van der Waals surface area (Å²) in [6, 6.07) is 2.68. The fraction of sp³-hybridized carbons (Fsp3) is 0.688. The van der Waals surface area contributed by atoms with Crippen molar-refractivity contribution in [1.82, 2.24) is 4.98 Å². The Balaban J connectivity index is 2.13. The molecule has 2 atom stereocenters. The zero-order valence-electron chi connectivity index (χ0n) is 12.2. The van der Waals surface area contributed by atoms with Crippen molar-refractivity contribution in [2.75, 3.05) is 5.32 Å². The van der Waals surface area contributed by atoms with Crippen molar-refractivity contribution in [2.24, 2.45) is 11.3 Å². The molecule has 0 radical (unpaired) electrons. The molecule has 0 aliphatic heterocycles. The summed E-state index contributed by atoms with van der Waals surface area (Å²) in [5.74, 6) is 0.755. The van der Waals surface area contributed by atoms with Crippen LogP contribution in [0.25, 0.3) is 0 Å². The van der Waals surface area contributed by atoms with Gasteiger partial charge >= 0.3 is 0 Å². The van der Waals surface area contributed by atoms with E-state index >= 15 is 0 Å². The monoisotopic (exact) mass is 246 g/mol. The molecule has 0 amide bonds. The first-order valence-corrected chi connectivity index (χ1v) is 7.15. The predicted octanol–water partition coefficient (Wildman–Crippen LogP) is 4.41. The Kier molecular flexibility index (Phi) is 3.94. The van der Waals surface area contributed by atoms with Crippen LogP contribution in [0, 0.1) is 18.3 Å². The van der Waals surface area contributed by atoms with E-state index in [2.05, 4.69) is 44.1 Å². The maximum Gasteiger partial charge on any atom is 0.0558 e. The highest BCUT2D eigenvalue weighted by Gasteiger charge is 2.34. The van der Waals surface area contributed by atoms with Gasteiger partial charge in [-0.15, -0.1) is 0 Å². The van der Waals surface area contributed by atoms with Crippen molar-refractivity contribution in [3.05, 3.63) is 24.0 Å². The van der Waals surface area contributed by atoms with E-state index in [0.29, 0.717) is 11.5 Å². The SMILES string of the molecule is Cc1ccncc1NC1CCCCC1C(C)(C)C. The van der Waals surface area contributed by atoms with Gasteiger partial charge in [0.15, 0.2) is 0 Å². The molecule has 2 rings (SSSR count). The number of hydrogen-bond acceptors (Lipinski definition) is 2. The molecule has 1 fully saturated rings. The average Bonchev–Trinajstić information content (AvgIpc) is 2.31. The summed E-state index contributed by atoms with van der Waals surface area (Å²) in [5.41, 5.74) is 2.88. The zero-order valence-corrected chi connectivity index (χ0v) is 12.2. The normalized spacial score (nSPS) is 24.9. The number of nitrogens with zero attached hydrogens (tertiary/aromatic N) is 1. The number of hydrogen-bond donors (Lipinski definition) is 1. The van der Waals surface area contributed by atoms with Crippen molar-refractivity contribution in [3.8, 4) is 0 Å². The Morgan fingerprint density at radius 1 is 1.22 bits per heavy atom. The second-order valence-electron chi connectivity index (χ2n) is 6.70. The van der Waals surface area contributed by atoms with Crippen LogP contribution in [0.15, 0.2) is 18.5 Å². The van der Waals surface area contributed by atoms with Gasteiger partial charge in [0.2, 0.25) is 0 Å². The van der Waals surface area contributed by atoms with Gasteiger partial charge in [-0.1, -0.05) is 33.6 Å². The van der Waals surface area contributed by atoms with Gasteiger partial charge in [-0.2, -0.15) is 0 Å². The largest absolute Gasteiger partial charge is 0.381 e. The molecule has 0 saturated heterocycles. The lowest BCUT2D eigenvalue weighted by atomic mass is 9.69. The van der Waals surface area contributed by atoms with Gasteiger partial charge in [0, 0.05) is 12.2 Å². The summed E-state index contributed by atoms with van der Waals surface area (Å²) >= 11 is 0. The van der Waals surface area contributed by atoms with Gasteiger partial charge < -0.3 is 5.32 Å². The summed E-state index contributed by atoms with van der Waals surface area (Å²) in [6.07, 6.45) is 9.19. The van der Waals surface area contributed by atoms with Crippen molar-refractivity contribution in [3.63, 3.8) is 0 Å². The molecule has 100 valence electrons. The molecule has 0 spiro atoms. The quantitative estimate of drug-likeness (QED) is 0.836. The van der Waals surface area contributed by atoms with Crippen molar-refractivity contribution >= 4 is 5.69 Å². The van der Waals surface area contributed by atoms with Crippen LogP contribution in [-0.4, -0.2) is 11.0 Å². The summed E-state index contributed by atoms with van der Waals surface area (Å²) in [6.45, 7) is 9.26. The fourth-order valence-electron chi connectivity index (χ4n) is 3.16. The van der Waals surface area contributed by atoms with Crippen molar-refractivity contribution < 1.29 is 0 Å². The van der Waals surface area contributed by atoms with E-state index in [4.69, 9.17) is 0 Å². The molecule has 2 unspecified atom stereocenters. The molecule has 1 aliphatic rings. The lowest BCUT2D eigenvalue weighted by Gasteiger charge is -2.41. The van der Waals surface area contributed by atoms with Crippen LogP contribution in [0.2, 0.25) is 0 Å². The van der Waals surface area contributed by atoms with Crippen LogP contribution in [0.5, 0.6) is 0 Å². The molecular weight excluding hydrogens is 220 g/mol. The first-order chi connectivity index (χ1) is 8.48. The fourth-order valence-corrected chi connectivity index (χ4v) is 3.16. The molecule has 2 heteroatoms. The molecule has 2 nitrogen and oxygen atoms in total. The molecule has 0 bridgehead atoms. The highest BCUT2D eigenvalue weighted by Crippen LogP contribution is 2.39. The minimum atomic E-state index is 0.383. The van der Waals surface area contributed by atoms with E-state index < -0.39 is 0 Å². The Labute approximate surface area is 111 Å². The van der Waals surface area contributed by atoms with E-state index in [1.807, 2.05) is 12.4 Å². The van der Waals surface area contributed by atoms with Gasteiger partial charge in [0.05, 0.1) is 11.9 Å². The second kappa shape index (κ2) is 5.29. The molecular formula is C16H26N2. The van der Waals surface area contributed by atoms with Crippen LogP contribution in [-0.2, 0) is 0 Å². The van der Waals surface area contributed by atoms with Crippen LogP contribution >= 0.6 is 0 Å². The summed E-state index contributed by atoms with van der Waals surface area (Å²) in [5, 5.41) is 3.74. The van der Waals surface area contributed by atoms with Crippen LogP contribution in [0.3, 0.4) is 0 Å². The number of aromatic nitrogens is 1. The third-order valence-electron chi connectivity index (χ3n) is 4.26. The van der Waals surface area contributed by atoms with Gasteiger partial charge in [-0.05, 0) is 42.7 Å². The van der Waals surface area contributed by atoms with E-state index in [-0.39, 0.29) is 0 Å². The minimum Gasteiger partial charge on any atom is -0.381 e. The molecule has 1 saturated carbocycles. The van der Waals surface area contributed by atoms with E-state index in [0.717, 1.165) is 5.92 Å².